The molecule has 0 spiro atoms. The lowest BCUT2D eigenvalue weighted by molar-refractivity contribution is 0.104. The van der Waals surface area contributed by atoms with Crippen LogP contribution in [0.25, 0.3) is 0 Å². The van der Waals surface area contributed by atoms with Crippen LogP contribution in [0.3, 0.4) is 0 Å². The summed E-state index contributed by atoms with van der Waals surface area (Å²) >= 11 is 1.34. The highest BCUT2D eigenvalue weighted by atomic mass is 32.1. The van der Waals surface area contributed by atoms with Crippen molar-refractivity contribution in [1.82, 2.24) is 14.5 Å². The Morgan fingerprint density at radius 3 is 3.12 bits per heavy atom. The Kier molecular flexibility index (Phi) is 3.26. The number of hydrazine groups is 1. The van der Waals surface area contributed by atoms with Crippen LogP contribution >= 0.6 is 11.5 Å². The molecule has 3 rings (SSSR count). The van der Waals surface area contributed by atoms with Crippen LogP contribution < -0.4 is 11.3 Å². The molecular weight excluding hydrogens is 234 g/mol. The lowest BCUT2D eigenvalue weighted by atomic mass is 9.92. The van der Waals surface area contributed by atoms with Crippen LogP contribution in [0.15, 0.2) is 0 Å². The van der Waals surface area contributed by atoms with Gasteiger partial charge in [-0.05, 0) is 38.1 Å². The van der Waals surface area contributed by atoms with E-state index in [4.69, 9.17) is 5.84 Å². The van der Waals surface area contributed by atoms with E-state index in [-0.39, 0.29) is 0 Å². The molecule has 2 unspecified atom stereocenters. The zero-order chi connectivity index (χ0) is 11.7. The van der Waals surface area contributed by atoms with E-state index in [9.17, 15) is 0 Å². The second-order valence-corrected chi connectivity index (χ2v) is 5.82. The van der Waals surface area contributed by atoms with Crippen LogP contribution in [0.4, 0.5) is 5.00 Å². The zero-order valence-electron chi connectivity index (χ0n) is 9.93. The summed E-state index contributed by atoms with van der Waals surface area (Å²) in [6.07, 6.45) is 6.90. The number of anilines is 1. The molecule has 3 N–H and O–H groups in total. The maximum absolute atomic E-state index is 5.47. The Labute approximate surface area is 106 Å². The van der Waals surface area contributed by atoms with Crippen molar-refractivity contribution in [1.29, 1.82) is 0 Å². The van der Waals surface area contributed by atoms with E-state index < -0.39 is 0 Å². The molecule has 1 aromatic heterocycles. The van der Waals surface area contributed by atoms with Gasteiger partial charge in [-0.2, -0.15) is 0 Å². The van der Waals surface area contributed by atoms with Gasteiger partial charge in [0.25, 0.3) is 0 Å². The third kappa shape index (κ3) is 2.17. The minimum absolute atomic E-state index is 0.774. The van der Waals surface area contributed by atoms with E-state index in [1.807, 2.05) is 0 Å². The third-order valence-electron chi connectivity index (χ3n) is 4.15. The minimum Gasteiger partial charge on any atom is -0.313 e. The topological polar surface area (TPSA) is 67.1 Å². The number of nitrogens with one attached hydrogen (secondary N) is 1. The number of nitrogens with two attached hydrogens (primary N) is 1. The number of nitrogen functional groups attached to an aromatic ring is 1. The van der Waals surface area contributed by atoms with E-state index in [0.717, 1.165) is 29.2 Å². The van der Waals surface area contributed by atoms with Crippen molar-refractivity contribution in [3.05, 3.63) is 5.69 Å². The summed E-state index contributed by atoms with van der Waals surface area (Å²) in [6, 6.07) is 0.774. The molecule has 2 fully saturated rings. The molecule has 0 bridgehead atoms. The summed E-state index contributed by atoms with van der Waals surface area (Å²) in [5.41, 5.74) is 3.70. The molecule has 1 aliphatic heterocycles. The van der Waals surface area contributed by atoms with Crippen molar-refractivity contribution in [2.75, 3.05) is 12.0 Å². The molecule has 0 radical (unpaired) electrons. The number of nitrogens with zero attached hydrogens (tertiary/aromatic N) is 3. The van der Waals surface area contributed by atoms with E-state index in [0.29, 0.717) is 0 Å². The van der Waals surface area contributed by atoms with Gasteiger partial charge in [0.1, 0.15) is 10.7 Å². The molecule has 1 saturated carbocycles. The van der Waals surface area contributed by atoms with E-state index in [1.54, 1.807) is 0 Å². The number of piperidine rings is 1. The standard InChI is InChI=1S/C11H19N5S/c12-13-11-9(14-15-17-11)7-16-6-2-4-8-3-1-5-10(8)16/h8,10,13H,1-7,12H2. The maximum atomic E-state index is 5.47. The predicted octanol–water partition coefficient (Wildman–Crippen LogP) is 1.59. The molecule has 1 aliphatic carbocycles. The number of hydrogen-bond acceptors (Lipinski definition) is 6. The Hall–Kier alpha value is -0.720. The van der Waals surface area contributed by atoms with Gasteiger partial charge in [-0.25, -0.2) is 5.84 Å². The monoisotopic (exact) mass is 253 g/mol. The summed E-state index contributed by atoms with van der Waals surface area (Å²) in [7, 11) is 0. The van der Waals surface area contributed by atoms with Gasteiger partial charge in [0.2, 0.25) is 0 Å². The maximum Gasteiger partial charge on any atom is 0.148 e. The van der Waals surface area contributed by atoms with Crippen molar-refractivity contribution in [2.24, 2.45) is 11.8 Å². The first-order valence-electron chi connectivity index (χ1n) is 6.40. The van der Waals surface area contributed by atoms with Gasteiger partial charge in [0.15, 0.2) is 0 Å². The summed E-state index contributed by atoms with van der Waals surface area (Å²) in [5.74, 6) is 6.39. The second-order valence-electron chi connectivity index (χ2n) is 5.06. The number of fused-ring (bicyclic) bond motifs is 1. The summed E-state index contributed by atoms with van der Waals surface area (Å²) < 4.78 is 3.97. The Morgan fingerprint density at radius 2 is 2.24 bits per heavy atom. The molecular formula is C11H19N5S. The molecule has 17 heavy (non-hydrogen) atoms. The first-order valence-corrected chi connectivity index (χ1v) is 7.17. The van der Waals surface area contributed by atoms with Crippen molar-refractivity contribution in [2.45, 2.75) is 44.7 Å². The minimum atomic E-state index is 0.774. The summed E-state index contributed by atoms with van der Waals surface area (Å²) in [4.78, 5) is 2.58. The lowest BCUT2D eigenvalue weighted by Crippen LogP contribution is -2.42. The molecule has 2 heterocycles. The third-order valence-corrected chi connectivity index (χ3v) is 4.85. The molecule has 5 nitrogen and oxygen atoms in total. The molecule has 0 amide bonds. The summed E-state index contributed by atoms with van der Waals surface area (Å²) in [6.45, 7) is 2.10. The number of likely N-dealkylation sites (tertiary alicyclic amines) is 1. The van der Waals surface area contributed by atoms with Gasteiger partial charge < -0.3 is 5.43 Å². The highest BCUT2D eigenvalue weighted by Crippen LogP contribution is 2.37. The lowest BCUT2D eigenvalue weighted by Gasteiger charge is -2.37. The predicted molar refractivity (Wildman–Crippen MR) is 68.5 cm³/mol. The zero-order valence-corrected chi connectivity index (χ0v) is 10.7. The van der Waals surface area contributed by atoms with Crippen LogP contribution in [-0.4, -0.2) is 27.1 Å². The first kappa shape index (κ1) is 11.4. The highest BCUT2D eigenvalue weighted by Gasteiger charge is 2.35. The number of aromatic nitrogens is 2. The molecule has 1 saturated heterocycles. The molecule has 6 heteroatoms. The van der Waals surface area contributed by atoms with E-state index >= 15 is 0 Å². The summed E-state index contributed by atoms with van der Waals surface area (Å²) in [5, 5.41) is 5.09. The van der Waals surface area contributed by atoms with Crippen LogP contribution in [-0.2, 0) is 6.54 Å². The van der Waals surface area contributed by atoms with Crippen molar-refractivity contribution < 1.29 is 0 Å². The van der Waals surface area contributed by atoms with Crippen LogP contribution in [0, 0.1) is 5.92 Å². The fourth-order valence-electron chi connectivity index (χ4n) is 3.37. The van der Waals surface area contributed by atoms with Crippen molar-refractivity contribution in [3.8, 4) is 0 Å². The van der Waals surface area contributed by atoms with Gasteiger partial charge in [0.05, 0.1) is 0 Å². The largest absolute Gasteiger partial charge is 0.313 e. The second kappa shape index (κ2) is 4.88. The first-order chi connectivity index (χ1) is 8.38. The van der Waals surface area contributed by atoms with Gasteiger partial charge in [-0.1, -0.05) is 10.9 Å². The molecule has 2 aliphatic rings. The van der Waals surface area contributed by atoms with E-state index in [2.05, 4.69) is 19.9 Å². The quantitative estimate of drug-likeness (QED) is 0.632. The normalized spacial score (nSPS) is 29.2. The molecule has 1 aromatic rings. The fraction of sp³-hybridized carbons (Fsp3) is 0.818. The van der Waals surface area contributed by atoms with Crippen LogP contribution in [0.2, 0.25) is 0 Å². The Morgan fingerprint density at radius 1 is 1.35 bits per heavy atom. The van der Waals surface area contributed by atoms with Crippen LogP contribution in [0.5, 0.6) is 0 Å². The number of rotatable bonds is 3. The average Bonchev–Trinajstić information content (AvgIpc) is 2.97. The van der Waals surface area contributed by atoms with E-state index in [1.165, 1.54) is 50.2 Å². The molecule has 2 atom stereocenters. The van der Waals surface area contributed by atoms with Gasteiger partial charge in [0, 0.05) is 24.1 Å². The van der Waals surface area contributed by atoms with Gasteiger partial charge >= 0.3 is 0 Å². The Bertz CT molecular complexity index is 380. The fourth-order valence-corrected chi connectivity index (χ4v) is 3.85. The van der Waals surface area contributed by atoms with Gasteiger partial charge in [-0.3, -0.25) is 4.90 Å². The van der Waals surface area contributed by atoms with Crippen LogP contribution in [0.1, 0.15) is 37.8 Å². The molecule has 94 valence electrons. The smallest absolute Gasteiger partial charge is 0.148 e. The van der Waals surface area contributed by atoms with Crippen molar-refractivity contribution in [3.63, 3.8) is 0 Å². The molecule has 0 aromatic carbocycles. The van der Waals surface area contributed by atoms with Gasteiger partial charge in [-0.15, -0.1) is 5.10 Å². The average molecular weight is 253 g/mol. The van der Waals surface area contributed by atoms with Crippen molar-refractivity contribution >= 4 is 16.5 Å². The number of hydrogen-bond donors (Lipinski definition) is 2. The Balaban J connectivity index is 1.71. The highest BCUT2D eigenvalue weighted by molar-refractivity contribution is 7.10. The SMILES string of the molecule is NNc1snnc1CN1CCCC2CCCC21.